The summed E-state index contributed by atoms with van der Waals surface area (Å²) in [5.74, 6) is 0.699. The third-order valence-corrected chi connectivity index (χ3v) is 3.44. The van der Waals surface area contributed by atoms with Gasteiger partial charge in [-0.25, -0.2) is 0 Å². The van der Waals surface area contributed by atoms with Crippen molar-refractivity contribution in [3.05, 3.63) is 0 Å². The van der Waals surface area contributed by atoms with E-state index in [1.807, 2.05) is 0 Å². The monoisotopic (exact) mass is 228 g/mol. The Morgan fingerprint density at radius 2 is 2.12 bits per heavy atom. The first-order valence-electron chi connectivity index (χ1n) is 6.14. The predicted molar refractivity (Wildman–Crippen MR) is 64.3 cm³/mol. The average molecular weight is 228 g/mol. The number of ether oxygens (including phenoxy) is 1. The van der Waals surface area contributed by atoms with Crippen LogP contribution in [0.2, 0.25) is 0 Å². The van der Waals surface area contributed by atoms with Gasteiger partial charge in [0.05, 0.1) is 7.11 Å². The number of piperidine rings is 1. The normalized spacial score (nSPS) is 20.7. The fraction of sp³-hybridized carbons (Fsp3) is 0.917. The molecule has 1 unspecified atom stereocenters. The van der Waals surface area contributed by atoms with Gasteiger partial charge in [0.2, 0.25) is 0 Å². The molecule has 0 aromatic rings. The van der Waals surface area contributed by atoms with E-state index in [0.717, 1.165) is 18.9 Å². The number of rotatable bonds is 5. The molecule has 0 radical (unpaired) electrons. The average Bonchev–Trinajstić information content (AvgIpc) is 2.31. The highest BCUT2D eigenvalue weighted by Gasteiger charge is 2.20. The molecule has 4 nitrogen and oxygen atoms in total. The minimum Gasteiger partial charge on any atom is -0.468 e. The molecule has 1 aliphatic heterocycles. The topological polar surface area (TPSA) is 41.6 Å². The van der Waals surface area contributed by atoms with E-state index < -0.39 is 0 Å². The van der Waals surface area contributed by atoms with Crippen molar-refractivity contribution in [3.63, 3.8) is 0 Å². The molecular weight excluding hydrogens is 204 g/mol. The standard InChI is InChI=1S/C12H24N2O2/c1-10-4-7-14(8-5-10)9-6-11(13-2)12(15)16-3/h10-11,13H,4-9H2,1-3H3. The maximum atomic E-state index is 11.4. The van der Waals surface area contributed by atoms with E-state index in [1.165, 1.54) is 33.0 Å². The number of likely N-dealkylation sites (tertiary alicyclic amines) is 1. The zero-order valence-electron chi connectivity index (χ0n) is 10.7. The molecule has 0 saturated carbocycles. The van der Waals surface area contributed by atoms with Crippen molar-refractivity contribution in [1.82, 2.24) is 10.2 Å². The Labute approximate surface area is 98.3 Å². The number of esters is 1. The van der Waals surface area contributed by atoms with E-state index in [-0.39, 0.29) is 12.0 Å². The minimum absolute atomic E-state index is 0.159. The zero-order valence-corrected chi connectivity index (χ0v) is 10.7. The van der Waals surface area contributed by atoms with Gasteiger partial charge in [-0.05, 0) is 45.3 Å². The maximum absolute atomic E-state index is 11.4. The first kappa shape index (κ1) is 13.5. The quantitative estimate of drug-likeness (QED) is 0.709. The number of methoxy groups -OCH3 is 1. The summed E-state index contributed by atoms with van der Waals surface area (Å²) in [5.41, 5.74) is 0. The second kappa shape index (κ2) is 6.86. The van der Waals surface area contributed by atoms with E-state index in [9.17, 15) is 4.79 Å². The number of hydrogen-bond donors (Lipinski definition) is 1. The molecule has 4 heteroatoms. The van der Waals surface area contributed by atoms with Crippen LogP contribution >= 0.6 is 0 Å². The van der Waals surface area contributed by atoms with Crippen molar-refractivity contribution in [2.45, 2.75) is 32.2 Å². The molecular formula is C12H24N2O2. The molecule has 1 atom stereocenters. The van der Waals surface area contributed by atoms with Crippen LogP contribution in [-0.2, 0) is 9.53 Å². The second-order valence-corrected chi connectivity index (χ2v) is 4.68. The number of likely N-dealkylation sites (N-methyl/N-ethyl adjacent to an activating group) is 1. The smallest absolute Gasteiger partial charge is 0.322 e. The molecule has 1 heterocycles. The molecule has 1 rings (SSSR count). The highest BCUT2D eigenvalue weighted by molar-refractivity contribution is 5.75. The molecule has 0 bridgehead atoms. The van der Waals surface area contributed by atoms with Gasteiger partial charge in [-0.1, -0.05) is 6.92 Å². The van der Waals surface area contributed by atoms with Gasteiger partial charge in [-0.3, -0.25) is 4.79 Å². The Kier molecular flexibility index (Phi) is 5.77. The van der Waals surface area contributed by atoms with E-state index in [4.69, 9.17) is 4.74 Å². The molecule has 16 heavy (non-hydrogen) atoms. The predicted octanol–water partition coefficient (Wildman–Crippen LogP) is 0.869. The van der Waals surface area contributed by atoms with Crippen molar-refractivity contribution in [2.75, 3.05) is 33.8 Å². The number of nitrogens with zero attached hydrogens (tertiary/aromatic N) is 1. The fourth-order valence-corrected chi connectivity index (χ4v) is 2.12. The lowest BCUT2D eigenvalue weighted by molar-refractivity contribution is -0.143. The molecule has 1 fully saturated rings. The van der Waals surface area contributed by atoms with Crippen LogP contribution in [0.3, 0.4) is 0 Å². The van der Waals surface area contributed by atoms with Crippen LogP contribution in [0, 0.1) is 5.92 Å². The maximum Gasteiger partial charge on any atom is 0.322 e. The number of carbonyl (C=O) groups is 1. The van der Waals surface area contributed by atoms with Crippen molar-refractivity contribution in [3.8, 4) is 0 Å². The summed E-state index contributed by atoms with van der Waals surface area (Å²) in [6.45, 7) is 5.62. The molecule has 1 N–H and O–H groups in total. The summed E-state index contributed by atoms with van der Waals surface area (Å²) in [7, 11) is 3.25. The summed E-state index contributed by atoms with van der Waals surface area (Å²) in [4.78, 5) is 13.8. The minimum atomic E-state index is -0.163. The van der Waals surface area contributed by atoms with Crippen molar-refractivity contribution in [1.29, 1.82) is 0 Å². The zero-order chi connectivity index (χ0) is 12.0. The van der Waals surface area contributed by atoms with Gasteiger partial charge in [-0.15, -0.1) is 0 Å². The summed E-state index contributed by atoms with van der Waals surface area (Å²) in [5, 5.41) is 3.00. The SMILES string of the molecule is CNC(CCN1CCC(C)CC1)C(=O)OC. The number of carbonyl (C=O) groups excluding carboxylic acids is 1. The van der Waals surface area contributed by atoms with Gasteiger partial charge < -0.3 is 15.0 Å². The van der Waals surface area contributed by atoms with E-state index in [2.05, 4.69) is 17.1 Å². The Bertz CT molecular complexity index is 213. The fourth-order valence-electron chi connectivity index (χ4n) is 2.12. The Morgan fingerprint density at radius 1 is 1.50 bits per heavy atom. The first-order valence-corrected chi connectivity index (χ1v) is 6.14. The summed E-state index contributed by atoms with van der Waals surface area (Å²) in [6, 6.07) is -0.163. The Balaban J connectivity index is 2.24. The lowest BCUT2D eigenvalue weighted by atomic mass is 9.99. The van der Waals surface area contributed by atoms with Crippen LogP contribution in [-0.4, -0.2) is 50.7 Å². The van der Waals surface area contributed by atoms with E-state index >= 15 is 0 Å². The van der Waals surface area contributed by atoms with Crippen LogP contribution in [0.1, 0.15) is 26.2 Å². The van der Waals surface area contributed by atoms with Crippen molar-refractivity contribution < 1.29 is 9.53 Å². The summed E-state index contributed by atoms with van der Waals surface area (Å²) in [6.07, 6.45) is 3.39. The largest absolute Gasteiger partial charge is 0.468 e. The molecule has 1 saturated heterocycles. The van der Waals surface area contributed by atoms with Crippen molar-refractivity contribution in [2.24, 2.45) is 5.92 Å². The summed E-state index contributed by atoms with van der Waals surface area (Å²) < 4.78 is 4.74. The Hall–Kier alpha value is -0.610. The molecule has 0 aromatic carbocycles. The van der Waals surface area contributed by atoms with Crippen molar-refractivity contribution >= 4 is 5.97 Å². The van der Waals surface area contributed by atoms with Gasteiger partial charge in [0.1, 0.15) is 6.04 Å². The Morgan fingerprint density at radius 3 is 2.62 bits per heavy atom. The third kappa shape index (κ3) is 4.10. The van der Waals surface area contributed by atoms with Gasteiger partial charge >= 0.3 is 5.97 Å². The lowest BCUT2D eigenvalue weighted by Crippen LogP contribution is -2.40. The number of nitrogens with one attached hydrogen (secondary N) is 1. The van der Waals surface area contributed by atoms with Crippen LogP contribution in [0.15, 0.2) is 0 Å². The van der Waals surface area contributed by atoms with Gasteiger partial charge in [-0.2, -0.15) is 0 Å². The van der Waals surface area contributed by atoms with Crippen LogP contribution in [0.4, 0.5) is 0 Å². The molecule has 94 valence electrons. The molecule has 0 spiro atoms. The molecule has 0 aliphatic carbocycles. The molecule has 1 aliphatic rings. The first-order chi connectivity index (χ1) is 7.67. The second-order valence-electron chi connectivity index (χ2n) is 4.68. The molecule has 0 amide bonds. The third-order valence-electron chi connectivity index (χ3n) is 3.44. The molecule has 0 aromatic heterocycles. The lowest BCUT2D eigenvalue weighted by Gasteiger charge is -2.30. The van der Waals surface area contributed by atoms with Gasteiger partial charge in [0, 0.05) is 6.54 Å². The van der Waals surface area contributed by atoms with Gasteiger partial charge in [0.15, 0.2) is 0 Å². The van der Waals surface area contributed by atoms with Crippen LogP contribution in [0.5, 0.6) is 0 Å². The van der Waals surface area contributed by atoms with Gasteiger partial charge in [0.25, 0.3) is 0 Å². The summed E-state index contributed by atoms with van der Waals surface area (Å²) >= 11 is 0. The van der Waals surface area contributed by atoms with Crippen LogP contribution < -0.4 is 5.32 Å². The van der Waals surface area contributed by atoms with Crippen LogP contribution in [0.25, 0.3) is 0 Å². The highest BCUT2D eigenvalue weighted by Crippen LogP contribution is 2.16. The van der Waals surface area contributed by atoms with E-state index in [0.29, 0.717) is 0 Å². The van der Waals surface area contributed by atoms with E-state index in [1.54, 1.807) is 7.05 Å². The highest BCUT2D eigenvalue weighted by atomic mass is 16.5. The number of hydrogen-bond acceptors (Lipinski definition) is 4.